The van der Waals surface area contributed by atoms with E-state index in [2.05, 4.69) is 43.4 Å². The monoisotopic (exact) mass is 369 g/mol. The number of benzene rings is 1. The smallest absolute Gasteiger partial charge is 0.151 e. The Morgan fingerprint density at radius 1 is 1.15 bits per heavy atom. The molecule has 0 bridgehead atoms. The predicted octanol–water partition coefficient (Wildman–Crippen LogP) is 3.62. The Kier molecular flexibility index (Phi) is 7.05. The molecule has 2 atom stereocenters. The fourth-order valence-electron chi connectivity index (χ4n) is 3.97. The zero-order valence-corrected chi connectivity index (χ0v) is 17.1. The van der Waals surface area contributed by atoms with E-state index in [1.54, 1.807) is 14.0 Å². The van der Waals surface area contributed by atoms with Crippen molar-refractivity contribution in [3.05, 3.63) is 34.4 Å². The average Bonchev–Trinajstić information content (AvgIpc) is 2.93. The molecule has 2 rings (SSSR count). The van der Waals surface area contributed by atoms with Gasteiger partial charge in [0.25, 0.3) is 0 Å². The topological polar surface area (TPSA) is 82.4 Å². The van der Waals surface area contributed by atoms with Gasteiger partial charge in [0.1, 0.15) is 11.7 Å². The third-order valence-electron chi connectivity index (χ3n) is 5.49. The summed E-state index contributed by atoms with van der Waals surface area (Å²) in [4.78, 5) is 26.0. The first kappa shape index (κ1) is 21.0. The lowest BCUT2D eigenvalue weighted by molar-refractivity contribution is -0.124. The minimum absolute atomic E-state index is 0.00495. The maximum Gasteiger partial charge on any atom is 0.151 e. The van der Waals surface area contributed by atoms with E-state index in [0.717, 1.165) is 36.0 Å². The maximum absolute atomic E-state index is 13.2. The molecule has 1 saturated carbocycles. The van der Waals surface area contributed by atoms with Gasteiger partial charge in [0.15, 0.2) is 5.78 Å². The first-order valence-corrected chi connectivity index (χ1v) is 9.87. The van der Waals surface area contributed by atoms with E-state index in [1.165, 1.54) is 5.56 Å². The predicted molar refractivity (Wildman–Crippen MR) is 110 cm³/mol. The van der Waals surface area contributed by atoms with Gasteiger partial charge in [-0.2, -0.15) is 5.10 Å². The summed E-state index contributed by atoms with van der Waals surface area (Å²) in [5, 5.41) is 12.2. The molecule has 0 aliphatic heterocycles. The Bertz CT molecular complexity index is 755. The number of hydrogen-bond donors (Lipinski definition) is 2. The van der Waals surface area contributed by atoms with E-state index in [9.17, 15) is 9.59 Å². The highest BCUT2D eigenvalue weighted by Crippen LogP contribution is 2.38. The molecule has 146 valence electrons. The van der Waals surface area contributed by atoms with Crippen LogP contribution in [-0.4, -0.2) is 30.0 Å². The van der Waals surface area contributed by atoms with E-state index in [-0.39, 0.29) is 24.4 Å². The molecule has 1 aromatic carbocycles. The quantitative estimate of drug-likeness (QED) is 0.417. The molecule has 2 unspecified atom stereocenters. The van der Waals surface area contributed by atoms with Crippen LogP contribution in [0.15, 0.2) is 17.2 Å². The number of aryl methyl sites for hydroxylation is 3. The van der Waals surface area contributed by atoms with Crippen molar-refractivity contribution in [2.24, 2.45) is 11.0 Å². The summed E-state index contributed by atoms with van der Waals surface area (Å²) < 4.78 is 0. The molecule has 27 heavy (non-hydrogen) atoms. The van der Waals surface area contributed by atoms with Crippen LogP contribution in [0.1, 0.15) is 68.7 Å². The lowest BCUT2D eigenvalue weighted by Gasteiger charge is -2.19. The number of ketones is 2. The second kappa shape index (κ2) is 9.07. The van der Waals surface area contributed by atoms with Crippen LogP contribution >= 0.6 is 0 Å². The number of carbonyl (C=O) groups excluding carboxylic acids is 2. The molecule has 0 heterocycles. The van der Waals surface area contributed by atoms with Crippen LogP contribution in [0.4, 0.5) is 0 Å². The highest BCUT2D eigenvalue weighted by molar-refractivity contribution is 6.40. The molecular formula is C22H31N3O2. The molecule has 2 N–H and O–H groups in total. The van der Waals surface area contributed by atoms with Crippen molar-refractivity contribution in [3.8, 4) is 0 Å². The lowest BCUT2D eigenvalue weighted by atomic mass is 9.83. The average molecular weight is 370 g/mol. The van der Waals surface area contributed by atoms with E-state index < -0.39 is 11.8 Å². The zero-order chi connectivity index (χ0) is 20.1. The Morgan fingerprint density at radius 3 is 2.22 bits per heavy atom. The summed E-state index contributed by atoms with van der Waals surface area (Å²) in [6, 6.07) is 4.29. The molecule has 5 nitrogen and oxygen atoms in total. The van der Waals surface area contributed by atoms with Crippen molar-refractivity contribution < 1.29 is 9.59 Å². The minimum Gasteiger partial charge on any atom is -0.313 e. The molecule has 1 aromatic rings. The molecule has 0 saturated heterocycles. The van der Waals surface area contributed by atoms with E-state index in [4.69, 9.17) is 5.41 Å². The lowest BCUT2D eigenvalue weighted by Crippen LogP contribution is -2.22. The first-order valence-electron chi connectivity index (χ1n) is 9.87. The van der Waals surface area contributed by atoms with E-state index >= 15 is 0 Å². The first-order chi connectivity index (χ1) is 12.9. The molecule has 0 aromatic heterocycles. The van der Waals surface area contributed by atoms with Crippen molar-refractivity contribution in [2.75, 3.05) is 7.05 Å². The Balaban J connectivity index is 2.38. The molecule has 0 amide bonds. The summed E-state index contributed by atoms with van der Waals surface area (Å²) in [5.41, 5.74) is 7.94. The van der Waals surface area contributed by atoms with Crippen LogP contribution in [0.5, 0.6) is 0 Å². The highest BCUT2D eigenvalue weighted by atomic mass is 16.2. The van der Waals surface area contributed by atoms with Crippen molar-refractivity contribution in [1.29, 1.82) is 5.41 Å². The summed E-state index contributed by atoms with van der Waals surface area (Å²) in [6.07, 6.45) is 3.05. The number of nitrogens with one attached hydrogen (secondary N) is 2. The molecule has 5 heteroatoms. The van der Waals surface area contributed by atoms with Crippen LogP contribution in [0, 0.1) is 11.3 Å². The molecule has 1 fully saturated rings. The normalized spacial score (nSPS) is 20.3. The maximum atomic E-state index is 13.2. The van der Waals surface area contributed by atoms with E-state index in [1.807, 2.05) is 0 Å². The largest absolute Gasteiger partial charge is 0.313 e. The second-order valence-corrected chi connectivity index (χ2v) is 7.19. The Labute approximate surface area is 162 Å². The van der Waals surface area contributed by atoms with Gasteiger partial charge in [-0.15, -0.1) is 0 Å². The van der Waals surface area contributed by atoms with Gasteiger partial charge in [0.05, 0.1) is 11.4 Å². The molecule has 0 spiro atoms. The van der Waals surface area contributed by atoms with Gasteiger partial charge in [-0.25, -0.2) is 0 Å². The fraction of sp³-hybridized carbons (Fsp3) is 0.545. The van der Waals surface area contributed by atoms with Gasteiger partial charge in [-0.1, -0.05) is 32.9 Å². The summed E-state index contributed by atoms with van der Waals surface area (Å²) in [6.45, 7) is 8.01. The summed E-state index contributed by atoms with van der Waals surface area (Å²) in [7, 11) is 1.68. The molecule has 1 aliphatic rings. The van der Waals surface area contributed by atoms with Crippen LogP contribution in [0.3, 0.4) is 0 Å². The van der Waals surface area contributed by atoms with Gasteiger partial charge in [0.2, 0.25) is 0 Å². The van der Waals surface area contributed by atoms with Gasteiger partial charge in [-0.3, -0.25) is 9.59 Å². The number of nitrogens with zero attached hydrogens (tertiary/aromatic N) is 1. The SMILES string of the molecule is CCc1cc(CC)c(C2C(=O)CC(CC(=N)/C(C)=N\NC)C2=O)c(CC)c1. The Morgan fingerprint density at radius 2 is 1.74 bits per heavy atom. The third kappa shape index (κ3) is 4.34. The Hall–Kier alpha value is -2.30. The van der Waals surface area contributed by atoms with Gasteiger partial charge < -0.3 is 10.8 Å². The van der Waals surface area contributed by atoms with Crippen LogP contribution < -0.4 is 5.43 Å². The van der Waals surface area contributed by atoms with Gasteiger partial charge in [-0.05, 0) is 48.4 Å². The van der Waals surface area contributed by atoms with Crippen molar-refractivity contribution in [2.45, 2.75) is 65.7 Å². The number of hydrogen-bond acceptors (Lipinski definition) is 5. The zero-order valence-electron chi connectivity index (χ0n) is 17.1. The molecular weight excluding hydrogens is 338 g/mol. The molecule has 0 radical (unpaired) electrons. The standard InChI is InChI=1S/C22H31N3O2/c1-6-14-9-15(7-2)20(16(8-3)10-14)21-19(26)12-17(22(21)27)11-18(23)13(4)25-24-5/h9-10,17,21,23-24H,6-8,11-12H2,1-5H3/b23-18?,25-13-. The number of carbonyl (C=O) groups is 2. The number of hydrazone groups is 1. The number of Topliss-reactive ketones (excluding diaryl/α,β-unsaturated/α-hetero) is 2. The van der Waals surface area contributed by atoms with Crippen molar-refractivity contribution in [1.82, 2.24) is 5.43 Å². The van der Waals surface area contributed by atoms with Gasteiger partial charge >= 0.3 is 0 Å². The number of rotatable bonds is 8. The fourth-order valence-corrected chi connectivity index (χ4v) is 3.97. The second-order valence-electron chi connectivity index (χ2n) is 7.19. The van der Waals surface area contributed by atoms with Crippen molar-refractivity contribution in [3.63, 3.8) is 0 Å². The third-order valence-corrected chi connectivity index (χ3v) is 5.49. The summed E-state index contributed by atoms with van der Waals surface area (Å²) in [5.74, 6) is -1.12. The van der Waals surface area contributed by atoms with Crippen LogP contribution in [0.2, 0.25) is 0 Å². The highest BCUT2D eigenvalue weighted by Gasteiger charge is 2.43. The van der Waals surface area contributed by atoms with E-state index in [0.29, 0.717) is 11.4 Å². The summed E-state index contributed by atoms with van der Waals surface area (Å²) >= 11 is 0. The van der Waals surface area contributed by atoms with Crippen LogP contribution in [-0.2, 0) is 28.9 Å². The molecule has 1 aliphatic carbocycles. The van der Waals surface area contributed by atoms with Crippen LogP contribution in [0.25, 0.3) is 0 Å². The van der Waals surface area contributed by atoms with Crippen molar-refractivity contribution >= 4 is 23.0 Å². The van der Waals surface area contributed by atoms with Gasteiger partial charge in [0, 0.05) is 25.8 Å². The minimum atomic E-state index is -0.667.